The molecule has 0 saturated heterocycles. The third-order valence-corrected chi connectivity index (χ3v) is 6.18. The van der Waals surface area contributed by atoms with E-state index in [-0.39, 0.29) is 12.8 Å². The highest BCUT2D eigenvalue weighted by atomic mass is 16.5. The number of hydrogen-bond acceptors (Lipinski definition) is 6. The summed E-state index contributed by atoms with van der Waals surface area (Å²) in [4.78, 5) is 28.8. The molecule has 36 heavy (non-hydrogen) atoms. The molecule has 0 aliphatic rings. The van der Waals surface area contributed by atoms with Gasteiger partial charge >= 0.3 is 5.97 Å². The number of pyridine rings is 1. The van der Waals surface area contributed by atoms with Crippen LogP contribution in [-0.4, -0.2) is 40.5 Å². The van der Waals surface area contributed by atoms with Crippen LogP contribution < -0.4 is 16.2 Å². The van der Waals surface area contributed by atoms with Crippen LogP contribution >= 0.6 is 0 Å². The SMILES string of the molecule is NCCCCC(N)(C(=O)O)C(=O)CCCCCOc1cc(-c2ccccc2)cc(-c2ccccc2)n1. The van der Waals surface area contributed by atoms with Gasteiger partial charge in [0, 0.05) is 18.1 Å². The van der Waals surface area contributed by atoms with Gasteiger partial charge < -0.3 is 21.3 Å². The summed E-state index contributed by atoms with van der Waals surface area (Å²) in [5.74, 6) is -1.16. The van der Waals surface area contributed by atoms with Crippen LogP contribution in [0.4, 0.5) is 0 Å². The van der Waals surface area contributed by atoms with Crippen LogP contribution in [0.1, 0.15) is 44.9 Å². The van der Waals surface area contributed by atoms with Gasteiger partial charge in [-0.25, -0.2) is 9.78 Å². The second-order valence-corrected chi connectivity index (χ2v) is 8.92. The largest absolute Gasteiger partial charge is 0.480 e. The molecule has 7 nitrogen and oxygen atoms in total. The second-order valence-electron chi connectivity index (χ2n) is 8.92. The Kier molecular flexibility index (Phi) is 10.2. The van der Waals surface area contributed by atoms with Crippen LogP contribution in [0.15, 0.2) is 72.8 Å². The van der Waals surface area contributed by atoms with Crippen LogP contribution in [0.25, 0.3) is 22.4 Å². The summed E-state index contributed by atoms with van der Waals surface area (Å²) >= 11 is 0. The smallest absolute Gasteiger partial charge is 0.331 e. The van der Waals surface area contributed by atoms with E-state index in [2.05, 4.69) is 18.2 Å². The summed E-state index contributed by atoms with van der Waals surface area (Å²) in [6, 6.07) is 24.0. The van der Waals surface area contributed by atoms with E-state index in [0.29, 0.717) is 51.1 Å². The third kappa shape index (κ3) is 7.47. The van der Waals surface area contributed by atoms with Crippen LogP contribution in [0.5, 0.6) is 5.88 Å². The number of nitrogens with two attached hydrogens (primary N) is 2. The fourth-order valence-electron chi connectivity index (χ4n) is 4.01. The van der Waals surface area contributed by atoms with Crippen molar-refractivity contribution in [3.8, 4) is 28.3 Å². The van der Waals surface area contributed by atoms with Gasteiger partial charge in [-0.3, -0.25) is 4.79 Å². The Labute approximate surface area is 212 Å². The number of aliphatic carboxylic acids is 1. The van der Waals surface area contributed by atoms with E-state index in [1.54, 1.807) is 0 Å². The molecule has 0 saturated carbocycles. The van der Waals surface area contributed by atoms with Gasteiger partial charge in [-0.15, -0.1) is 0 Å². The first-order chi connectivity index (χ1) is 17.4. The molecule has 1 aromatic heterocycles. The molecule has 0 radical (unpaired) electrons. The Hall–Kier alpha value is -3.55. The van der Waals surface area contributed by atoms with Crippen molar-refractivity contribution in [2.75, 3.05) is 13.2 Å². The summed E-state index contributed by atoms with van der Waals surface area (Å²) in [7, 11) is 0. The minimum absolute atomic E-state index is 0.106. The Morgan fingerprint density at radius 3 is 2.14 bits per heavy atom. The first kappa shape index (κ1) is 27.0. The molecule has 0 aliphatic carbocycles. The minimum atomic E-state index is -1.83. The number of nitrogens with zero attached hydrogens (tertiary/aromatic N) is 1. The lowest BCUT2D eigenvalue weighted by atomic mass is 9.86. The van der Waals surface area contributed by atoms with Gasteiger partial charge in [0.15, 0.2) is 11.3 Å². The summed E-state index contributed by atoms with van der Waals surface area (Å²) in [5.41, 5.74) is 13.5. The molecule has 1 heterocycles. The fraction of sp³-hybridized carbons (Fsp3) is 0.345. The van der Waals surface area contributed by atoms with Gasteiger partial charge in [0.25, 0.3) is 0 Å². The molecule has 2 aromatic carbocycles. The van der Waals surface area contributed by atoms with E-state index in [4.69, 9.17) is 21.2 Å². The van der Waals surface area contributed by atoms with E-state index < -0.39 is 17.3 Å². The number of carboxylic acids is 1. The van der Waals surface area contributed by atoms with Gasteiger partial charge in [0.1, 0.15) is 0 Å². The zero-order chi connectivity index (χ0) is 25.8. The highest BCUT2D eigenvalue weighted by Crippen LogP contribution is 2.28. The zero-order valence-corrected chi connectivity index (χ0v) is 20.6. The molecule has 0 bridgehead atoms. The minimum Gasteiger partial charge on any atom is -0.480 e. The van der Waals surface area contributed by atoms with Crippen molar-refractivity contribution >= 4 is 11.8 Å². The fourth-order valence-corrected chi connectivity index (χ4v) is 4.01. The molecular weight excluding hydrogens is 454 g/mol. The number of carbonyl (C=O) groups is 2. The topological polar surface area (TPSA) is 129 Å². The first-order valence-electron chi connectivity index (χ1n) is 12.5. The lowest BCUT2D eigenvalue weighted by molar-refractivity contribution is -0.148. The molecule has 1 atom stereocenters. The van der Waals surface area contributed by atoms with Gasteiger partial charge in [-0.1, -0.05) is 60.7 Å². The molecule has 7 heteroatoms. The van der Waals surface area contributed by atoms with Crippen molar-refractivity contribution in [2.45, 2.75) is 50.5 Å². The normalized spacial score (nSPS) is 12.6. The Balaban J connectivity index is 1.56. The Bertz CT molecular complexity index is 1060. The number of ether oxygens (including phenoxy) is 1. The summed E-state index contributed by atoms with van der Waals surface area (Å²) in [6.07, 6.45) is 3.37. The maximum absolute atomic E-state index is 12.5. The van der Waals surface area contributed by atoms with Crippen LogP contribution in [0.2, 0.25) is 0 Å². The van der Waals surface area contributed by atoms with E-state index in [0.717, 1.165) is 22.4 Å². The lowest BCUT2D eigenvalue weighted by Gasteiger charge is -2.23. The molecular formula is C29H35N3O4. The standard InChI is InChI=1S/C29H35N3O4/c30-18-10-9-17-29(31,28(34)35)26(33)16-8-3-11-19-36-27-21-24(22-12-4-1-5-13-22)20-25(32-27)23-14-6-2-7-15-23/h1-2,4-7,12-15,20-21H,3,8-11,16-19,30-31H2,(H,34,35). The number of hydrogen-bond donors (Lipinski definition) is 3. The molecule has 3 rings (SSSR count). The van der Waals surface area contributed by atoms with Gasteiger partial charge in [0.05, 0.1) is 12.3 Å². The average Bonchev–Trinajstić information content (AvgIpc) is 2.91. The number of Topliss-reactive ketones (excluding diaryl/α,β-unsaturated/α-hetero) is 1. The Morgan fingerprint density at radius 2 is 1.50 bits per heavy atom. The summed E-state index contributed by atoms with van der Waals surface area (Å²) < 4.78 is 5.98. The number of benzene rings is 2. The number of carboxylic acid groups (broad SMARTS) is 1. The maximum Gasteiger partial charge on any atom is 0.331 e. The highest BCUT2D eigenvalue weighted by Gasteiger charge is 2.40. The van der Waals surface area contributed by atoms with E-state index in [9.17, 15) is 14.7 Å². The summed E-state index contributed by atoms with van der Waals surface area (Å²) in [5, 5.41) is 9.47. The predicted molar refractivity (Wildman–Crippen MR) is 142 cm³/mol. The quantitative estimate of drug-likeness (QED) is 0.206. The van der Waals surface area contributed by atoms with E-state index >= 15 is 0 Å². The van der Waals surface area contributed by atoms with E-state index in [1.807, 2.05) is 54.6 Å². The summed E-state index contributed by atoms with van der Waals surface area (Å²) in [6.45, 7) is 0.886. The first-order valence-corrected chi connectivity index (χ1v) is 12.5. The molecule has 1 unspecified atom stereocenters. The number of unbranched alkanes of at least 4 members (excludes halogenated alkanes) is 3. The number of rotatable bonds is 15. The lowest BCUT2D eigenvalue weighted by Crippen LogP contribution is -2.54. The van der Waals surface area contributed by atoms with Crippen LogP contribution in [0.3, 0.4) is 0 Å². The van der Waals surface area contributed by atoms with E-state index in [1.165, 1.54) is 0 Å². The van der Waals surface area contributed by atoms with Crippen molar-refractivity contribution < 1.29 is 19.4 Å². The monoisotopic (exact) mass is 489 g/mol. The van der Waals surface area contributed by atoms with Crippen LogP contribution in [0, 0.1) is 0 Å². The molecule has 3 aromatic rings. The zero-order valence-electron chi connectivity index (χ0n) is 20.6. The molecule has 0 fully saturated rings. The highest BCUT2D eigenvalue weighted by molar-refractivity contribution is 6.07. The van der Waals surface area contributed by atoms with Gasteiger partial charge in [0.2, 0.25) is 5.88 Å². The third-order valence-electron chi connectivity index (χ3n) is 6.18. The van der Waals surface area contributed by atoms with Crippen molar-refractivity contribution in [3.63, 3.8) is 0 Å². The van der Waals surface area contributed by atoms with Crippen molar-refractivity contribution in [1.29, 1.82) is 0 Å². The molecule has 0 amide bonds. The van der Waals surface area contributed by atoms with Crippen LogP contribution in [-0.2, 0) is 9.59 Å². The number of aromatic nitrogens is 1. The number of carbonyl (C=O) groups excluding carboxylic acids is 1. The Morgan fingerprint density at radius 1 is 0.833 bits per heavy atom. The van der Waals surface area contributed by atoms with Gasteiger partial charge in [-0.2, -0.15) is 0 Å². The second kappa shape index (κ2) is 13.5. The maximum atomic E-state index is 12.5. The molecule has 190 valence electrons. The predicted octanol–water partition coefficient (Wildman–Crippen LogP) is 4.84. The van der Waals surface area contributed by atoms with Crippen molar-refractivity contribution in [1.82, 2.24) is 4.98 Å². The molecule has 0 spiro atoms. The van der Waals surface area contributed by atoms with Crippen molar-refractivity contribution in [3.05, 3.63) is 72.8 Å². The number of ketones is 1. The van der Waals surface area contributed by atoms with Crippen molar-refractivity contribution in [2.24, 2.45) is 11.5 Å². The van der Waals surface area contributed by atoms with Gasteiger partial charge in [-0.05, 0) is 62.3 Å². The molecule has 5 N–H and O–H groups in total. The average molecular weight is 490 g/mol. The molecule has 0 aliphatic heterocycles.